The highest BCUT2D eigenvalue weighted by molar-refractivity contribution is 5.99. The Hall–Kier alpha value is -5.56. The zero-order chi connectivity index (χ0) is 29.0. The van der Waals surface area contributed by atoms with E-state index in [4.69, 9.17) is 10.4 Å². The molecule has 2 amide bonds. The number of hydrogen-bond donors (Lipinski definition) is 3. The minimum Gasteiger partial charge on any atom is -0.324 e. The number of anilines is 4. The van der Waals surface area contributed by atoms with E-state index in [1.165, 1.54) is 0 Å². The average molecular weight is 544 g/mol. The van der Waals surface area contributed by atoms with Gasteiger partial charge in [-0.3, -0.25) is 10.3 Å². The fourth-order valence-electron chi connectivity index (χ4n) is 4.04. The van der Waals surface area contributed by atoms with Crippen LogP contribution in [0.2, 0.25) is 0 Å². The van der Waals surface area contributed by atoms with Crippen molar-refractivity contribution in [1.29, 1.82) is 5.26 Å². The number of aryl methyl sites for hydroxylation is 1. The van der Waals surface area contributed by atoms with Crippen molar-refractivity contribution in [2.45, 2.75) is 33.1 Å². The van der Waals surface area contributed by atoms with Gasteiger partial charge in [-0.1, -0.05) is 26.8 Å². The molecule has 10 nitrogen and oxygen atoms in total. The molecule has 0 atom stereocenters. The maximum absolute atomic E-state index is 13.1. The van der Waals surface area contributed by atoms with Crippen molar-refractivity contribution in [3.63, 3.8) is 0 Å². The molecule has 5 aromatic rings. The molecule has 3 heterocycles. The molecular formula is C31H29N9O. The first-order chi connectivity index (χ1) is 19.7. The van der Waals surface area contributed by atoms with Crippen molar-refractivity contribution in [1.82, 2.24) is 24.7 Å². The monoisotopic (exact) mass is 543 g/mol. The highest BCUT2D eigenvalue weighted by Gasteiger charge is 2.21. The van der Waals surface area contributed by atoms with Crippen LogP contribution in [0.1, 0.15) is 37.6 Å². The highest BCUT2D eigenvalue weighted by Crippen LogP contribution is 2.28. The third-order valence-corrected chi connectivity index (χ3v) is 6.32. The summed E-state index contributed by atoms with van der Waals surface area (Å²) < 4.78 is 1.66. The van der Waals surface area contributed by atoms with Crippen LogP contribution in [0.3, 0.4) is 0 Å². The second kappa shape index (κ2) is 11.3. The molecule has 0 aliphatic carbocycles. The maximum Gasteiger partial charge on any atom is 0.324 e. The van der Waals surface area contributed by atoms with Crippen LogP contribution in [-0.2, 0) is 5.41 Å². The van der Waals surface area contributed by atoms with Gasteiger partial charge in [-0.15, -0.1) is 0 Å². The van der Waals surface area contributed by atoms with Crippen LogP contribution in [-0.4, -0.2) is 30.8 Å². The molecule has 0 saturated heterocycles. The van der Waals surface area contributed by atoms with Gasteiger partial charge in [0.1, 0.15) is 5.82 Å². The Morgan fingerprint density at radius 1 is 0.976 bits per heavy atom. The van der Waals surface area contributed by atoms with E-state index in [-0.39, 0.29) is 5.41 Å². The van der Waals surface area contributed by atoms with Crippen LogP contribution < -0.4 is 16.0 Å². The Morgan fingerprint density at radius 2 is 1.78 bits per heavy atom. The summed E-state index contributed by atoms with van der Waals surface area (Å²) in [4.78, 5) is 26.2. The summed E-state index contributed by atoms with van der Waals surface area (Å²) in [5, 5.41) is 23.0. The van der Waals surface area contributed by atoms with E-state index in [1.54, 1.807) is 47.5 Å². The number of rotatable bonds is 6. The lowest BCUT2D eigenvalue weighted by Gasteiger charge is -2.14. The first-order valence-electron chi connectivity index (χ1n) is 13.0. The normalized spacial score (nSPS) is 11.0. The number of hydrogen-bond acceptors (Lipinski definition) is 7. The van der Waals surface area contributed by atoms with Gasteiger partial charge in [0.25, 0.3) is 0 Å². The van der Waals surface area contributed by atoms with Gasteiger partial charge >= 0.3 is 6.03 Å². The smallest absolute Gasteiger partial charge is 0.324 e. The van der Waals surface area contributed by atoms with Gasteiger partial charge in [0.05, 0.1) is 28.7 Å². The lowest BCUT2D eigenvalue weighted by Crippen LogP contribution is -2.21. The van der Waals surface area contributed by atoms with E-state index in [0.717, 1.165) is 33.9 Å². The van der Waals surface area contributed by atoms with E-state index in [0.29, 0.717) is 23.0 Å². The third-order valence-electron chi connectivity index (χ3n) is 6.32. The average Bonchev–Trinajstić information content (AvgIpc) is 3.40. The molecule has 0 unspecified atom stereocenters. The number of nitrogens with one attached hydrogen (secondary N) is 3. The Balaban J connectivity index is 1.35. The molecule has 2 aromatic carbocycles. The van der Waals surface area contributed by atoms with Crippen LogP contribution in [0.5, 0.6) is 0 Å². The molecule has 0 fully saturated rings. The molecule has 0 aliphatic heterocycles. The number of benzene rings is 2. The molecule has 0 spiro atoms. The van der Waals surface area contributed by atoms with Gasteiger partial charge in [0.2, 0.25) is 5.95 Å². The Bertz CT molecular complexity index is 1730. The van der Waals surface area contributed by atoms with Gasteiger partial charge in [-0.05, 0) is 67.1 Å². The number of carbonyl (C=O) groups is 1. The number of urea groups is 1. The van der Waals surface area contributed by atoms with Crippen molar-refractivity contribution in [3.05, 3.63) is 102 Å². The summed E-state index contributed by atoms with van der Waals surface area (Å²) in [5.41, 5.74) is 5.77. The minimum absolute atomic E-state index is 0.237. The predicted octanol–water partition coefficient (Wildman–Crippen LogP) is 6.59. The summed E-state index contributed by atoms with van der Waals surface area (Å²) in [7, 11) is 0. The van der Waals surface area contributed by atoms with E-state index < -0.39 is 6.03 Å². The van der Waals surface area contributed by atoms with Crippen molar-refractivity contribution in [3.8, 4) is 23.0 Å². The summed E-state index contributed by atoms with van der Waals surface area (Å²) >= 11 is 0. The van der Waals surface area contributed by atoms with E-state index in [1.807, 2.05) is 49.4 Å². The molecule has 5 rings (SSSR count). The van der Waals surface area contributed by atoms with Crippen molar-refractivity contribution >= 4 is 29.2 Å². The SMILES string of the molecule is Cc1ccc(NC(=O)Nc2cc(C(C)(C)C)nn2-c2ccc(C#N)cc2)cc1Nc1nccc(-c2cccnc2)n1. The van der Waals surface area contributed by atoms with Crippen LogP contribution in [0.15, 0.2) is 85.3 Å². The fourth-order valence-corrected chi connectivity index (χ4v) is 4.04. The standard InChI is InChI=1S/C31H29N9O/c1-20-7-10-23(16-26(20)37-29-34-15-13-25(36-29)22-6-5-14-33-19-22)35-30(41)38-28-17-27(31(2,3)4)39-40(28)24-11-8-21(18-32)9-12-24/h5-17,19H,1-4H3,(H,34,36,37)(H2,35,38,41). The number of pyridine rings is 1. The first-order valence-corrected chi connectivity index (χ1v) is 13.0. The predicted molar refractivity (Wildman–Crippen MR) is 159 cm³/mol. The molecule has 3 N–H and O–H groups in total. The van der Waals surface area contributed by atoms with Gasteiger partial charge in [-0.2, -0.15) is 10.4 Å². The van der Waals surface area contributed by atoms with Crippen LogP contribution in [0.25, 0.3) is 16.9 Å². The maximum atomic E-state index is 13.1. The summed E-state index contributed by atoms with van der Waals surface area (Å²) in [6, 6.07) is 21.7. The lowest BCUT2D eigenvalue weighted by atomic mass is 9.92. The quantitative estimate of drug-likeness (QED) is 0.220. The Morgan fingerprint density at radius 3 is 2.49 bits per heavy atom. The molecule has 41 heavy (non-hydrogen) atoms. The first kappa shape index (κ1) is 27.0. The number of aromatic nitrogens is 5. The van der Waals surface area contributed by atoms with Gasteiger partial charge in [0, 0.05) is 47.0 Å². The number of nitriles is 1. The van der Waals surface area contributed by atoms with Crippen LogP contribution in [0.4, 0.5) is 27.9 Å². The fraction of sp³-hybridized carbons (Fsp3) is 0.161. The third kappa shape index (κ3) is 6.37. The number of amides is 2. The lowest BCUT2D eigenvalue weighted by molar-refractivity contribution is 0.262. The molecule has 0 saturated carbocycles. The van der Waals surface area contributed by atoms with E-state index >= 15 is 0 Å². The number of carbonyl (C=O) groups excluding carboxylic acids is 1. The zero-order valence-electron chi connectivity index (χ0n) is 23.2. The van der Waals surface area contributed by atoms with Gasteiger partial charge in [0.15, 0.2) is 0 Å². The molecule has 10 heteroatoms. The molecule has 204 valence electrons. The minimum atomic E-state index is -0.426. The van der Waals surface area contributed by atoms with Crippen LogP contribution in [0, 0.1) is 18.3 Å². The molecule has 0 aliphatic rings. The second-order valence-corrected chi connectivity index (χ2v) is 10.5. The molecule has 0 bridgehead atoms. The van der Waals surface area contributed by atoms with Crippen molar-refractivity contribution < 1.29 is 4.79 Å². The van der Waals surface area contributed by atoms with Crippen LogP contribution >= 0.6 is 0 Å². The largest absolute Gasteiger partial charge is 0.324 e. The number of nitrogens with zero attached hydrogens (tertiary/aromatic N) is 6. The Labute approximate surface area is 238 Å². The summed E-state index contributed by atoms with van der Waals surface area (Å²) in [6.07, 6.45) is 5.15. The van der Waals surface area contributed by atoms with E-state index in [9.17, 15) is 4.79 Å². The van der Waals surface area contributed by atoms with Gasteiger partial charge < -0.3 is 10.6 Å². The zero-order valence-corrected chi connectivity index (χ0v) is 23.2. The Kier molecular flexibility index (Phi) is 7.43. The van der Waals surface area contributed by atoms with Crippen molar-refractivity contribution in [2.24, 2.45) is 0 Å². The topological polar surface area (TPSA) is 133 Å². The summed E-state index contributed by atoms with van der Waals surface area (Å²) in [5.74, 6) is 0.931. The molecule has 0 radical (unpaired) electrons. The van der Waals surface area contributed by atoms with Crippen molar-refractivity contribution in [2.75, 3.05) is 16.0 Å². The van der Waals surface area contributed by atoms with Gasteiger partial charge in [-0.25, -0.2) is 19.4 Å². The highest BCUT2D eigenvalue weighted by atomic mass is 16.2. The van der Waals surface area contributed by atoms with E-state index in [2.05, 4.69) is 57.7 Å². The summed E-state index contributed by atoms with van der Waals surface area (Å²) in [6.45, 7) is 8.12. The molecule has 3 aromatic heterocycles. The second-order valence-electron chi connectivity index (χ2n) is 10.5. The molecular weight excluding hydrogens is 514 g/mol.